The standard InChI is InChI=1S/C25H22N2O4/c28-25(29)16-11-21-18-7-2-5-15(18)13-26-23(14-4-1-6-17(10-14)27(30)31)20-9-3-8-19(20)22(12-16)24(21)26/h1-4,6-8,10-12,15,18-20,23H,5,9,13H2,(H,28,29)/t15-,18+,19+,20-,23-/m0/s1. The van der Waals surface area contributed by atoms with Crippen molar-refractivity contribution < 1.29 is 14.8 Å². The Balaban J connectivity index is 1.58. The van der Waals surface area contributed by atoms with Crippen LogP contribution < -0.4 is 4.90 Å². The smallest absolute Gasteiger partial charge is 0.335 e. The summed E-state index contributed by atoms with van der Waals surface area (Å²) in [6, 6.07) is 10.8. The SMILES string of the molecule is O=C(O)c1cc2c3c(c1)[C@@H]1C=CC[C@@H]1[C@H](c1cccc([N+](=O)[O-])c1)N3C[C@@H]1CC=C[C@@H]21. The summed E-state index contributed by atoms with van der Waals surface area (Å²) in [5.74, 6) is 0.0929. The van der Waals surface area contributed by atoms with E-state index in [0.29, 0.717) is 11.5 Å². The molecule has 2 aromatic rings. The summed E-state index contributed by atoms with van der Waals surface area (Å²) in [5.41, 5.74) is 4.76. The van der Waals surface area contributed by atoms with E-state index in [9.17, 15) is 20.0 Å². The zero-order valence-electron chi connectivity index (χ0n) is 16.8. The molecular formula is C25H22N2O4. The van der Waals surface area contributed by atoms with Gasteiger partial charge in [0.15, 0.2) is 0 Å². The maximum absolute atomic E-state index is 11.9. The number of nitro groups is 1. The predicted octanol–water partition coefficient (Wildman–Crippen LogP) is 5.19. The first-order chi connectivity index (χ1) is 15.0. The highest BCUT2D eigenvalue weighted by Crippen LogP contribution is 2.59. The lowest BCUT2D eigenvalue weighted by Gasteiger charge is -2.51. The van der Waals surface area contributed by atoms with Gasteiger partial charge in [-0.05, 0) is 53.5 Å². The first kappa shape index (κ1) is 18.4. The van der Waals surface area contributed by atoms with Gasteiger partial charge in [-0.25, -0.2) is 4.79 Å². The normalized spacial score (nSPS) is 29.4. The van der Waals surface area contributed by atoms with Crippen LogP contribution in [0.4, 0.5) is 11.4 Å². The van der Waals surface area contributed by atoms with E-state index < -0.39 is 5.97 Å². The minimum absolute atomic E-state index is 0.0309. The Bertz CT molecular complexity index is 1170. The molecule has 0 unspecified atom stereocenters. The maximum Gasteiger partial charge on any atom is 0.335 e. The van der Waals surface area contributed by atoms with Crippen molar-refractivity contribution in [2.75, 3.05) is 11.4 Å². The second-order valence-corrected chi connectivity index (χ2v) is 9.06. The molecule has 2 heterocycles. The fourth-order valence-electron chi connectivity index (χ4n) is 6.30. The van der Waals surface area contributed by atoms with Gasteiger partial charge in [0, 0.05) is 36.2 Å². The van der Waals surface area contributed by atoms with Gasteiger partial charge in [-0.3, -0.25) is 10.1 Å². The Morgan fingerprint density at radius 2 is 1.81 bits per heavy atom. The summed E-state index contributed by atoms with van der Waals surface area (Å²) in [7, 11) is 0. The summed E-state index contributed by atoms with van der Waals surface area (Å²) < 4.78 is 0. The number of carbonyl (C=O) groups is 1. The fraction of sp³-hybridized carbons (Fsp3) is 0.320. The van der Waals surface area contributed by atoms with Crippen LogP contribution in [-0.2, 0) is 0 Å². The molecule has 0 saturated carbocycles. The van der Waals surface area contributed by atoms with Crippen molar-refractivity contribution >= 4 is 17.3 Å². The van der Waals surface area contributed by atoms with Crippen LogP contribution in [0.5, 0.6) is 0 Å². The molecule has 0 aromatic heterocycles. The van der Waals surface area contributed by atoms with Gasteiger partial charge in [0.2, 0.25) is 0 Å². The number of nitro benzene ring substituents is 1. The summed E-state index contributed by atoms with van der Waals surface area (Å²) in [6.07, 6.45) is 10.7. The van der Waals surface area contributed by atoms with Crippen molar-refractivity contribution in [3.05, 3.63) is 93.1 Å². The second-order valence-electron chi connectivity index (χ2n) is 9.06. The van der Waals surface area contributed by atoms with Crippen LogP contribution >= 0.6 is 0 Å². The average molecular weight is 414 g/mol. The molecule has 0 saturated heterocycles. The Kier molecular flexibility index (Phi) is 3.88. The van der Waals surface area contributed by atoms with E-state index in [0.717, 1.165) is 41.8 Å². The molecular weight excluding hydrogens is 392 g/mol. The third kappa shape index (κ3) is 2.60. The first-order valence-corrected chi connectivity index (χ1v) is 10.8. The average Bonchev–Trinajstić information content (AvgIpc) is 3.43. The number of rotatable bonds is 3. The van der Waals surface area contributed by atoms with Gasteiger partial charge in [-0.2, -0.15) is 0 Å². The molecule has 31 heavy (non-hydrogen) atoms. The van der Waals surface area contributed by atoms with Crippen LogP contribution in [0.1, 0.15) is 57.8 Å². The molecule has 0 radical (unpaired) electrons. The summed E-state index contributed by atoms with van der Waals surface area (Å²) in [4.78, 5) is 25.5. The van der Waals surface area contributed by atoms with E-state index in [4.69, 9.17) is 0 Å². The van der Waals surface area contributed by atoms with Crippen molar-refractivity contribution in [2.45, 2.75) is 30.7 Å². The molecule has 2 aliphatic carbocycles. The highest BCUT2D eigenvalue weighted by Gasteiger charge is 2.48. The molecule has 6 rings (SSSR count). The number of fused-ring (bicyclic) bond motifs is 4. The number of non-ortho nitro benzene ring substituents is 1. The summed E-state index contributed by atoms with van der Waals surface area (Å²) >= 11 is 0. The van der Waals surface area contributed by atoms with Crippen LogP contribution in [0.15, 0.2) is 60.7 Å². The Morgan fingerprint density at radius 3 is 2.58 bits per heavy atom. The van der Waals surface area contributed by atoms with Gasteiger partial charge in [-0.1, -0.05) is 36.4 Å². The van der Waals surface area contributed by atoms with E-state index in [1.165, 1.54) is 0 Å². The lowest BCUT2D eigenvalue weighted by molar-refractivity contribution is -0.384. The third-order valence-electron chi connectivity index (χ3n) is 7.52. The maximum atomic E-state index is 11.9. The van der Waals surface area contributed by atoms with Crippen LogP contribution in [-0.4, -0.2) is 22.5 Å². The van der Waals surface area contributed by atoms with Crippen molar-refractivity contribution in [1.82, 2.24) is 0 Å². The molecule has 0 spiro atoms. The molecule has 2 aromatic carbocycles. The molecule has 6 heteroatoms. The number of benzene rings is 2. The van der Waals surface area contributed by atoms with Crippen LogP contribution in [0.2, 0.25) is 0 Å². The van der Waals surface area contributed by atoms with Gasteiger partial charge in [0.05, 0.1) is 16.5 Å². The summed E-state index contributed by atoms with van der Waals surface area (Å²) in [5, 5.41) is 21.2. The number of hydrogen-bond donors (Lipinski definition) is 1. The molecule has 0 fully saturated rings. The van der Waals surface area contributed by atoms with Gasteiger partial charge in [-0.15, -0.1) is 0 Å². The number of aromatic carboxylic acids is 1. The molecule has 0 amide bonds. The molecule has 0 bridgehead atoms. The Morgan fingerprint density at radius 1 is 1.06 bits per heavy atom. The van der Waals surface area contributed by atoms with Crippen LogP contribution in [0.3, 0.4) is 0 Å². The number of anilines is 1. The number of hydrogen-bond acceptors (Lipinski definition) is 4. The Labute approximate surface area is 179 Å². The monoisotopic (exact) mass is 414 g/mol. The topological polar surface area (TPSA) is 83.7 Å². The van der Waals surface area contributed by atoms with Crippen molar-refractivity contribution in [2.24, 2.45) is 11.8 Å². The molecule has 4 aliphatic rings. The predicted molar refractivity (Wildman–Crippen MR) is 117 cm³/mol. The van der Waals surface area contributed by atoms with Gasteiger partial charge >= 0.3 is 5.97 Å². The largest absolute Gasteiger partial charge is 0.478 e. The van der Waals surface area contributed by atoms with E-state index in [1.54, 1.807) is 18.2 Å². The minimum Gasteiger partial charge on any atom is -0.478 e. The lowest BCUT2D eigenvalue weighted by Crippen LogP contribution is -2.46. The Hall–Kier alpha value is -3.41. The van der Waals surface area contributed by atoms with Crippen LogP contribution in [0.25, 0.3) is 0 Å². The van der Waals surface area contributed by atoms with Gasteiger partial charge in [0.25, 0.3) is 5.69 Å². The molecule has 1 N–H and O–H groups in total. The highest BCUT2D eigenvalue weighted by atomic mass is 16.6. The zero-order valence-corrected chi connectivity index (χ0v) is 16.8. The van der Waals surface area contributed by atoms with Crippen molar-refractivity contribution in [3.8, 4) is 0 Å². The van der Waals surface area contributed by atoms with Gasteiger partial charge < -0.3 is 10.0 Å². The molecule has 6 nitrogen and oxygen atoms in total. The third-order valence-corrected chi connectivity index (χ3v) is 7.52. The molecule has 5 atom stereocenters. The van der Waals surface area contributed by atoms with Gasteiger partial charge in [0.1, 0.15) is 0 Å². The number of nitrogens with zero attached hydrogens (tertiary/aromatic N) is 2. The number of carboxylic acid groups (broad SMARTS) is 1. The highest BCUT2D eigenvalue weighted by molar-refractivity contribution is 5.90. The van der Waals surface area contributed by atoms with Crippen molar-refractivity contribution in [1.29, 1.82) is 0 Å². The number of carboxylic acids is 1. The van der Waals surface area contributed by atoms with E-state index >= 15 is 0 Å². The van der Waals surface area contributed by atoms with Crippen LogP contribution in [0, 0.1) is 22.0 Å². The molecule has 156 valence electrons. The van der Waals surface area contributed by atoms with E-state index in [1.807, 2.05) is 18.2 Å². The minimum atomic E-state index is -0.894. The van der Waals surface area contributed by atoms with E-state index in [2.05, 4.69) is 29.2 Å². The van der Waals surface area contributed by atoms with E-state index in [-0.39, 0.29) is 34.4 Å². The van der Waals surface area contributed by atoms with Crippen molar-refractivity contribution in [3.63, 3.8) is 0 Å². The zero-order chi connectivity index (χ0) is 21.3. The summed E-state index contributed by atoms with van der Waals surface area (Å²) in [6.45, 7) is 0.876. The lowest BCUT2D eigenvalue weighted by atomic mass is 9.70. The first-order valence-electron chi connectivity index (χ1n) is 10.8. The fourth-order valence-corrected chi connectivity index (χ4v) is 6.30. The quantitative estimate of drug-likeness (QED) is 0.425. The molecule has 2 aliphatic heterocycles. The second kappa shape index (κ2) is 6.54. The number of allylic oxidation sites excluding steroid dienone is 4.